The maximum Gasteiger partial charge on any atom is 0.277 e. The molecule has 0 aliphatic heterocycles. The number of methoxy groups -OCH3 is 1. The van der Waals surface area contributed by atoms with E-state index in [1.807, 2.05) is 24.3 Å². The molecule has 0 saturated heterocycles. The van der Waals surface area contributed by atoms with Crippen LogP contribution in [0.2, 0.25) is 0 Å². The van der Waals surface area contributed by atoms with E-state index < -0.39 is 0 Å². The molecule has 1 N–H and O–H groups in total. The molecule has 27 heavy (non-hydrogen) atoms. The molecule has 2 aromatic rings. The highest BCUT2D eigenvalue weighted by molar-refractivity contribution is 7.99. The van der Waals surface area contributed by atoms with Gasteiger partial charge in [0.15, 0.2) is 0 Å². The lowest BCUT2D eigenvalue weighted by Crippen LogP contribution is -2.40. The number of rotatable bonds is 7. The summed E-state index contributed by atoms with van der Waals surface area (Å²) in [5, 5.41) is 11.7. The number of thioether (sulfide) groups is 1. The van der Waals surface area contributed by atoms with Gasteiger partial charge in [-0.2, -0.15) is 0 Å². The Bertz CT molecular complexity index is 792. The van der Waals surface area contributed by atoms with Crippen molar-refractivity contribution in [2.45, 2.75) is 43.9 Å². The molecular weight excluding hydrogens is 362 g/mol. The predicted octanol–water partition coefficient (Wildman–Crippen LogP) is 3.78. The number of ether oxygens (including phenoxy) is 1. The van der Waals surface area contributed by atoms with E-state index in [-0.39, 0.29) is 17.7 Å². The summed E-state index contributed by atoms with van der Waals surface area (Å²) in [6.45, 7) is 2.14. The van der Waals surface area contributed by atoms with Crippen LogP contribution in [0.5, 0.6) is 5.75 Å². The SMILES string of the molecule is COc1ccc(-c2nnc(SCC(=O)NC(C)C3CC4CCC3C4)o2)cc1. The van der Waals surface area contributed by atoms with Crippen molar-refractivity contribution >= 4 is 17.7 Å². The van der Waals surface area contributed by atoms with E-state index in [1.165, 1.54) is 37.4 Å². The Hall–Kier alpha value is -2.02. The Morgan fingerprint density at radius 3 is 2.78 bits per heavy atom. The molecule has 6 nitrogen and oxygen atoms in total. The van der Waals surface area contributed by atoms with Gasteiger partial charge in [0.25, 0.3) is 5.22 Å². The molecule has 1 aromatic carbocycles. The van der Waals surface area contributed by atoms with Crippen LogP contribution in [0.3, 0.4) is 0 Å². The molecule has 0 radical (unpaired) electrons. The largest absolute Gasteiger partial charge is 0.497 e. The number of carbonyl (C=O) groups excluding carboxylic acids is 1. The van der Waals surface area contributed by atoms with Crippen molar-refractivity contribution in [2.24, 2.45) is 17.8 Å². The van der Waals surface area contributed by atoms with E-state index in [2.05, 4.69) is 22.4 Å². The number of nitrogens with one attached hydrogen (secondary N) is 1. The van der Waals surface area contributed by atoms with E-state index in [9.17, 15) is 4.79 Å². The van der Waals surface area contributed by atoms with Crippen molar-refractivity contribution in [1.82, 2.24) is 15.5 Å². The maximum atomic E-state index is 12.3. The summed E-state index contributed by atoms with van der Waals surface area (Å²) >= 11 is 1.27. The molecule has 4 rings (SSSR count). The summed E-state index contributed by atoms with van der Waals surface area (Å²) in [5.74, 6) is 3.87. The van der Waals surface area contributed by atoms with Gasteiger partial charge in [0.05, 0.1) is 12.9 Å². The van der Waals surface area contributed by atoms with E-state index in [4.69, 9.17) is 9.15 Å². The molecule has 7 heteroatoms. The molecule has 1 aromatic heterocycles. The van der Waals surface area contributed by atoms with Crippen LogP contribution in [-0.4, -0.2) is 35.0 Å². The molecule has 4 unspecified atom stereocenters. The molecule has 2 saturated carbocycles. The minimum atomic E-state index is 0.0273. The Labute approximate surface area is 163 Å². The van der Waals surface area contributed by atoms with Gasteiger partial charge in [-0.25, -0.2) is 0 Å². The number of amides is 1. The van der Waals surface area contributed by atoms with E-state index in [0.717, 1.165) is 23.1 Å². The van der Waals surface area contributed by atoms with Crippen molar-refractivity contribution < 1.29 is 13.9 Å². The highest BCUT2D eigenvalue weighted by Crippen LogP contribution is 2.49. The third kappa shape index (κ3) is 4.13. The van der Waals surface area contributed by atoms with Crippen LogP contribution in [0.1, 0.15) is 32.6 Å². The summed E-state index contributed by atoms with van der Waals surface area (Å²) < 4.78 is 10.8. The average Bonchev–Trinajstić information content (AvgIpc) is 3.43. The summed E-state index contributed by atoms with van der Waals surface area (Å²) in [5.41, 5.74) is 0.824. The van der Waals surface area contributed by atoms with Gasteiger partial charge in [0, 0.05) is 11.6 Å². The quantitative estimate of drug-likeness (QED) is 0.729. The lowest BCUT2D eigenvalue weighted by molar-refractivity contribution is -0.119. The first-order valence-corrected chi connectivity index (χ1v) is 10.5. The zero-order valence-corrected chi connectivity index (χ0v) is 16.5. The third-order valence-electron chi connectivity index (χ3n) is 5.89. The van der Waals surface area contributed by atoms with Gasteiger partial charge in [-0.3, -0.25) is 4.79 Å². The van der Waals surface area contributed by atoms with Crippen LogP contribution < -0.4 is 10.1 Å². The van der Waals surface area contributed by atoms with Gasteiger partial charge in [0.2, 0.25) is 11.8 Å². The fourth-order valence-corrected chi connectivity index (χ4v) is 5.13. The normalized spacial score (nSPS) is 24.7. The molecule has 2 aliphatic rings. The molecule has 2 fully saturated rings. The first-order chi connectivity index (χ1) is 13.1. The minimum absolute atomic E-state index is 0.0273. The predicted molar refractivity (Wildman–Crippen MR) is 104 cm³/mol. The van der Waals surface area contributed by atoms with Gasteiger partial charge in [-0.15, -0.1) is 10.2 Å². The summed E-state index contributed by atoms with van der Waals surface area (Å²) in [6.07, 6.45) is 5.34. The first kappa shape index (κ1) is 18.3. The fourth-order valence-electron chi connectivity index (χ4n) is 4.55. The minimum Gasteiger partial charge on any atom is -0.497 e. The number of hydrogen-bond acceptors (Lipinski definition) is 6. The Morgan fingerprint density at radius 1 is 1.30 bits per heavy atom. The topological polar surface area (TPSA) is 77.2 Å². The zero-order chi connectivity index (χ0) is 18.8. The van der Waals surface area contributed by atoms with Crippen LogP contribution in [0.4, 0.5) is 0 Å². The van der Waals surface area contributed by atoms with Crippen molar-refractivity contribution in [3.8, 4) is 17.2 Å². The van der Waals surface area contributed by atoms with Gasteiger partial charge >= 0.3 is 0 Å². The van der Waals surface area contributed by atoms with Gasteiger partial charge < -0.3 is 14.5 Å². The maximum absolute atomic E-state index is 12.3. The van der Waals surface area contributed by atoms with E-state index in [0.29, 0.717) is 17.0 Å². The zero-order valence-electron chi connectivity index (χ0n) is 15.7. The Balaban J connectivity index is 1.27. The molecule has 2 bridgehead atoms. The lowest BCUT2D eigenvalue weighted by atomic mass is 9.84. The second-order valence-corrected chi connectivity index (χ2v) is 8.51. The lowest BCUT2D eigenvalue weighted by Gasteiger charge is -2.28. The van der Waals surface area contributed by atoms with Crippen LogP contribution >= 0.6 is 11.8 Å². The number of aromatic nitrogens is 2. The molecule has 1 amide bonds. The smallest absolute Gasteiger partial charge is 0.277 e. The first-order valence-electron chi connectivity index (χ1n) is 9.52. The second-order valence-electron chi connectivity index (χ2n) is 7.59. The van der Waals surface area contributed by atoms with E-state index in [1.54, 1.807) is 7.11 Å². The summed E-state index contributed by atoms with van der Waals surface area (Å²) in [7, 11) is 1.62. The number of benzene rings is 1. The highest BCUT2D eigenvalue weighted by Gasteiger charge is 2.42. The third-order valence-corrected chi connectivity index (χ3v) is 6.71. The van der Waals surface area contributed by atoms with Crippen LogP contribution in [0.15, 0.2) is 33.9 Å². The molecule has 1 heterocycles. The summed E-state index contributed by atoms with van der Waals surface area (Å²) in [6, 6.07) is 7.66. The van der Waals surface area contributed by atoms with Crippen molar-refractivity contribution in [3.05, 3.63) is 24.3 Å². The van der Waals surface area contributed by atoms with Crippen molar-refractivity contribution in [3.63, 3.8) is 0 Å². The second kappa shape index (κ2) is 7.92. The van der Waals surface area contributed by atoms with Gasteiger partial charge in [-0.05, 0) is 68.2 Å². The van der Waals surface area contributed by atoms with Crippen molar-refractivity contribution in [1.29, 1.82) is 0 Å². The Morgan fingerprint density at radius 2 is 2.11 bits per heavy atom. The van der Waals surface area contributed by atoms with Crippen LogP contribution in [0.25, 0.3) is 11.5 Å². The van der Waals surface area contributed by atoms with Crippen molar-refractivity contribution in [2.75, 3.05) is 12.9 Å². The number of carbonyl (C=O) groups is 1. The van der Waals surface area contributed by atoms with Gasteiger partial charge in [-0.1, -0.05) is 18.2 Å². The standard InChI is InChI=1S/C20H25N3O3S/c1-12(17-10-13-3-4-15(17)9-13)21-18(24)11-27-20-23-22-19(26-20)14-5-7-16(25-2)8-6-14/h5-8,12-13,15,17H,3-4,9-11H2,1-2H3,(H,21,24). The molecule has 2 aliphatic carbocycles. The van der Waals surface area contributed by atoms with E-state index >= 15 is 0 Å². The monoisotopic (exact) mass is 387 g/mol. The summed E-state index contributed by atoms with van der Waals surface area (Å²) in [4.78, 5) is 12.3. The van der Waals surface area contributed by atoms with Crippen LogP contribution in [-0.2, 0) is 4.79 Å². The average molecular weight is 388 g/mol. The number of fused-ring (bicyclic) bond motifs is 2. The molecule has 0 spiro atoms. The molecule has 4 atom stereocenters. The number of hydrogen-bond donors (Lipinski definition) is 1. The highest BCUT2D eigenvalue weighted by atomic mass is 32.2. The van der Waals surface area contributed by atoms with Crippen LogP contribution in [0, 0.1) is 17.8 Å². The molecular formula is C20H25N3O3S. The molecule has 144 valence electrons. The number of nitrogens with zero attached hydrogens (tertiary/aromatic N) is 2. The Kier molecular flexibility index (Phi) is 5.38. The fraction of sp³-hybridized carbons (Fsp3) is 0.550. The van der Waals surface area contributed by atoms with Gasteiger partial charge in [0.1, 0.15) is 5.75 Å².